The molecule has 3 heteroatoms. The zero-order valence-electron chi connectivity index (χ0n) is 12.2. The topological polar surface area (TPSA) is 41.5 Å². The molecule has 2 N–H and O–H groups in total. The summed E-state index contributed by atoms with van der Waals surface area (Å²) >= 11 is 0. The first-order valence-electron chi connectivity index (χ1n) is 7.07. The molecule has 0 amide bonds. The molecule has 1 aromatic carbocycles. The van der Waals surface area contributed by atoms with Crippen LogP contribution in [0.5, 0.6) is 5.75 Å². The fourth-order valence-electron chi connectivity index (χ4n) is 2.20. The van der Waals surface area contributed by atoms with Crippen molar-refractivity contribution >= 4 is 0 Å². The number of nitrogens with one attached hydrogen (secondary N) is 1. The van der Waals surface area contributed by atoms with Crippen molar-refractivity contribution in [3.63, 3.8) is 0 Å². The molecule has 106 valence electrons. The van der Waals surface area contributed by atoms with Crippen LogP contribution in [0.15, 0.2) is 18.2 Å². The monoisotopic (exact) mass is 263 g/mol. The Labute approximate surface area is 116 Å². The summed E-state index contributed by atoms with van der Waals surface area (Å²) in [5, 5.41) is 13.2. The van der Waals surface area contributed by atoms with E-state index in [4.69, 9.17) is 4.74 Å². The summed E-state index contributed by atoms with van der Waals surface area (Å²) in [5.74, 6) is 0.839. The zero-order valence-corrected chi connectivity index (χ0v) is 12.2. The van der Waals surface area contributed by atoms with E-state index < -0.39 is 6.10 Å². The minimum atomic E-state index is -0.455. The molecular weight excluding hydrogens is 238 g/mol. The van der Waals surface area contributed by atoms with E-state index in [0.717, 1.165) is 12.3 Å². The molecule has 0 radical (unpaired) electrons. The van der Waals surface area contributed by atoms with Crippen LogP contribution in [0.3, 0.4) is 0 Å². The van der Waals surface area contributed by atoms with Crippen LogP contribution >= 0.6 is 0 Å². The van der Waals surface area contributed by atoms with E-state index in [-0.39, 0.29) is 0 Å². The van der Waals surface area contributed by atoms with Crippen molar-refractivity contribution in [2.24, 2.45) is 5.41 Å². The number of aliphatic hydroxyl groups excluding tert-OH is 1. The number of rotatable bonds is 7. The molecule has 1 atom stereocenters. The fraction of sp³-hybridized carbons (Fsp3) is 0.625. The van der Waals surface area contributed by atoms with Gasteiger partial charge >= 0.3 is 0 Å². The lowest BCUT2D eigenvalue weighted by molar-refractivity contribution is 0.105. The molecule has 2 rings (SSSR count). The molecular formula is C16H25NO2. The molecule has 0 bridgehead atoms. The molecule has 3 nitrogen and oxygen atoms in total. The second-order valence-corrected chi connectivity index (χ2v) is 6.23. The van der Waals surface area contributed by atoms with E-state index >= 15 is 0 Å². The standard InChI is InChI=1S/C16H25NO2/c1-12-6-13(2)8-15(7-12)19-10-14(18)9-17-11-16(3)4-5-16/h6-8,14,17-18H,4-5,9-11H2,1-3H3. The van der Waals surface area contributed by atoms with Crippen molar-refractivity contribution in [2.75, 3.05) is 19.7 Å². The molecule has 0 saturated heterocycles. The third-order valence-corrected chi connectivity index (χ3v) is 3.67. The predicted molar refractivity (Wildman–Crippen MR) is 77.6 cm³/mol. The number of aliphatic hydroxyl groups is 1. The Hall–Kier alpha value is -1.06. The summed E-state index contributed by atoms with van der Waals surface area (Å²) in [6, 6.07) is 6.11. The number of ether oxygens (including phenoxy) is 1. The summed E-state index contributed by atoms with van der Waals surface area (Å²) in [4.78, 5) is 0. The quantitative estimate of drug-likeness (QED) is 0.794. The van der Waals surface area contributed by atoms with Gasteiger partial charge in [0.25, 0.3) is 0 Å². The maximum Gasteiger partial charge on any atom is 0.119 e. The Morgan fingerprint density at radius 2 is 1.89 bits per heavy atom. The Morgan fingerprint density at radius 3 is 2.47 bits per heavy atom. The first-order valence-corrected chi connectivity index (χ1v) is 7.07. The third-order valence-electron chi connectivity index (χ3n) is 3.67. The minimum Gasteiger partial charge on any atom is -0.491 e. The highest BCUT2D eigenvalue weighted by atomic mass is 16.5. The van der Waals surface area contributed by atoms with E-state index in [1.54, 1.807) is 0 Å². The van der Waals surface area contributed by atoms with Crippen LogP contribution in [0.2, 0.25) is 0 Å². The van der Waals surface area contributed by atoms with Crippen LogP contribution < -0.4 is 10.1 Å². The SMILES string of the molecule is Cc1cc(C)cc(OCC(O)CNCC2(C)CC2)c1. The van der Waals surface area contributed by atoms with Gasteiger partial charge in [-0.2, -0.15) is 0 Å². The van der Waals surface area contributed by atoms with E-state index in [9.17, 15) is 5.11 Å². The Morgan fingerprint density at radius 1 is 1.26 bits per heavy atom. The molecule has 1 unspecified atom stereocenters. The van der Waals surface area contributed by atoms with Crippen LogP contribution in [0.1, 0.15) is 30.9 Å². The van der Waals surface area contributed by atoms with Gasteiger partial charge in [-0.05, 0) is 55.4 Å². The van der Waals surface area contributed by atoms with Crippen molar-refractivity contribution < 1.29 is 9.84 Å². The molecule has 1 aromatic rings. The lowest BCUT2D eigenvalue weighted by Gasteiger charge is -2.15. The van der Waals surface area contributed by atoms with Crippen LogP contribution in [-0.4, -0.2) is 30.9 Å². The van der Waals surface area contributed by atoms with Crippen LogP contribution in [0.4, 0.5) is 0 Å². The fourth-order valence-corrected chi connectivity index (χ4v) is 2.20. The predicted octanol–water partition coefficient (Wildman–Crippen LogP) is 2.43. The minimum absolute atomic E-state index is 0.340. The number of aryl methyl sites for hydroxylation is 2. The first kappa shape index (κ1) is 14.4. The third kappa shape index (κ3) is 4.84. The Kier molecular flexibility index (Phi) is 4.48. The molecule has 1 saturated carbocycles. The van der Waals surface area contributed by atoms with Crippen LogP contribution in [0, 0.1) is 19.3 Å². The lowest BCUT2D eigenvalue weighted by Crippen LogP contribution is -2.34. The van der Waals surface area contributed by atoms with Crippen LogP contribution in [0.25, 0.3) is 0 Å². The van der Waals surface area contributed by atoms with E-state index in [2.05, 4.69) is 18.3 Å². The van der Waals surface area contributed by atoms with Gasteiger partial charge in [-0.25, -0.2) is 0 Å². The van der Waals surface area contributed by atoms with Gasteiger partial charge in [0, 0.05) is 13.1 Å². The second kappa shape index (κ2) is 5.93. The molecule has 0 heterocycles. The van der Waals surface area contributed by atoms with Crippen LogP contribution in [-0.2, 0) is 0 Å². The van der Waals surface area contributed by atoms with E-state index in [1.807, 2.05) is 26.0 Å². The van der Waals surface area contributed by atoms with Crippen molar-refractivity contribution in [1.29, 1.82) is 0 Å². The molecule has 19 heavy (non-hydrogen) atoms. The van der Waals surface area contributed by atoms with E-state index in [0.29, 0.717) is 18.6 Å². The number of hydrogen-bond acceptors (Lipinski definition) is 3. The maximum atomic E-state index is 9.88. The molecule has 1 aliphatic rings. The molecule has 0 aromatic heterocycles. The summed E-state index contributed by atoms with van der Waals surface area (Å²) in [7, 11) is 0. The highest BCUT2D eigenvalue weighted by Crippen LogP contribution is 2.43. The smallest absolute Gasteiger partial charge is 0.119 e. The molecule has 1 fully saturated rings. The van der Waals surface area contributed by atoms with Gasteiger partial charge < -0.3 is 15.2 Å². The Balaban J connectivity index is 1.68. The molecule has 1 aliphatic carbocycles. The van der Waals surface area contributed by atoms with Crippen molar-refractivity contribution in [1.82, 2.24) is 5.32 Å². The number of hydrogen-bond donors (Lipinski definition) is 2. The normalized spacial score (nSPS) is 18.1. The van der Waals surface area contributed by atoms with Gasteiger partial charge in [-0.3, -0.25) is 0 Å². The molecule has 0 aliphatic heterocycles. The van der Waals surface area contributed by atoms with Gasteiger partial charge in [0.05, 0.1) is 0 Å². The van der Waals surface area contributed by atoms with Crippen molar-refractivity contribution in [3.05, 3.63) is 29.3 Å². The first-order chi connectivity index (χ1) is 8.97. The van der Waals surface area contributed by atoms with Gasteiger partial charge in [0.2, 0.25) is 0 Å². The summed E-state index contributed by atoms with van der Waals surface area (Å²) in [6.45, 7) is 8.31. The maximum absolute atomic E-state index is 9.88. The summed E-state index contributed by atoms with van der Waals surface area (Å²) in [5.41, 5.74) is 2.85. The summed E-state index contributed by atoms with van der Waals surface area (Å²) in [6.07, 6.45) is 2.15. The highest BCUT2D eigenvalue weighted by molar-refractivity contribution is 5.32. The second-order valence-electron chi connectivity index (χ2n) is 6.23. The van der Waals surface area contributed by atoms with E-state index in [1.165, 1.54) is 24.0 Å². The van der Waals surface area contributed by atoms with Gasteiger partial charge in [-0.1, -0.05) is 13.0 Å². The van der Waals surface area contributed by atoms with Gasteiger partial charge in [0.15, 0.2) is 0 Å². The largest absolute Gasteiger partial charge is 0.491 e. The van der Waals surface area contributed by atoms with Gasteiger partial charge in [0.1, 0.15) is 18.5 Å². The summed E-state index contributed by atoms with van der Waals surface area (Å²) < 4.78 is 5.64. The molecule has 0 spiro atoms. The van der Waals surface area contributed by atoms with Gasteiger partial charge in [-0.15, -0.1) is 0 Å². The van der Waals surface area contributed by atoms with Crippen molar-refractivity contribution in [2.45, 2.75) is 39.7 Å². The Bertz CT molecular complexity index is 407. The number of benzene rings is 1. The highest BCUT2D eigenvalue weighted by Gasteiger charge is 2.36. The lowest BCUT2D eigenvalue weighted by atomic mass is 10.1. The zero-order chi connectivity index (χ0) is 13.9. The average Bonchev–Trinajstić information content (AvgIpc) is 3.03. The average molecular weight is 263 g/mol. The van der Waals surface area contributed by atoms with Crippen molar-refractivity contribution in [3.8, 4) is 5.75 Å².